The highest BCUT2D eigenvalue weighted by Gasteiger charge is 2.32. The maximum absolute atomic E-state index is 14.0. The number of benzene rings is 2. The average molecular weight is 393 g/mol. The molecule has 3 rings (SSSR count). The predicted octanol–water partition coefficient (Wildman–Crippen LogP) is 3.40. The van der Waals surface area contributed by atoms with Gasteiger partial charge in [0, 0.05) is 17.9 Å². The molecule has 0 aliphatic carbocycles. The molecule has 2 aromatic rings. The molecule has 1 saturated heterocycles. The van der Waals surface area contributed by atoms with Gasteiger partial charge in [-0.25, -0.2) is 13.6 Å². The van der Waals surface area contributed by atoms with Crippen LogP contribution in [0.2, 0.25) is 0 Å². The van der Waals surface area contributed by atoms with Crippen LogP contribution in [0.3, 0.4) is 0 Å². The summed E-state index contributed by atoms with van der Waals surface area (Å²) in [6, 6.07) is 9.90. The van der Waals surface area contributed by atoms with Crippen molar-refractivity contribution in [3.8, 4) is 5.75 Å². The fraction of sp³-hybridized carbons (Fsp3) is 0.263. The van der Waals surface area contributed by atoms with Gasteiger partial charge in [-0.2, -0.15) is 0 Å². The van der Waals surface area contributed by atoms with Gasteiger partial charge in [-0.05, 0) is 24.3 Å². The molecular formula is C19H17F2NO4S. The van der Waals surface area contributed by atoms with Crippen LogP contribution < -0.4 is 4.74 Å². The fourth-order valence-electron chi connectivity index (χ4n) is 2.75. The number of esters is 1. The third-order valence-corrected chi connectivity index (χ3v) is 5.34. The van der Waals surface area contributed by atoms with Crippen molar-refractivity contribution in [1.82, 2.24) is 4.90 Å². The Labute approximate surface area is 159 Å². The third kappa shape index (κ3) is 4.21. The Morgan fingerprint density at radius 3 is 2.67 bits per heavy atom. The number of nitrogens with zero attached hydrogens (tertiary/aromatic N) is 1. The molecule has 0 unspecified atom stereocenters. The van der Waals surface area contributed by atoms with E-state index in [1.54, 1.807) is 18.2 Å². The SMILES string of the molecule is COc1ccc(C(=O)OCC(=O)N2CCS[C@H]2c2ccccc2F)cc1F. The highest BCUT2D eigenvalue weighted by Crippen LogP contribution is 2.38. The van der Waals surface area contributed by atoms with Gasteiger partial charge in [0.1, 0.15) is 11.2 Å². The molecule has 1 heterocycles. The van der Waals surface area contributed by atoms with Crippen LogP contribution in [0.1, 0.15) is 21.3 Å². The second kappa shape index (κ2) is 8.39. The van der Waals surface area contributed by atoms with E-state index in [0.717, 1.165) is 6.07 Å². The number of carbonyl (C=O) groups is 2. The number of methoxy groups -OCH3 is 1. The van der Waals surface area contributed by atoms with Crippen molar-refractivity contribution in [3.05, 3.63) is 65.2 Å². The molecule has 142 valence electrons. The Morgan fingerprint density at radius 2 is 1.96 bits per heavy atom. The molecule has 1 amide bonds. The van der Waals surface area contributed by atoms with Crippen molar-refractivity contribution in [2.75, 3.05) is 26.0 Å². The first-order chi connectivity index (χ1) is 13.0. The summed E-state index contributed by atoms with van der Waals surface area (Å²) in [5.41, 5.74) is 0.388. The lowest BCUT2D eigenvalue weighted by molar-refractivity contribution is -0.134. The number of amides is 1. The minimum Gasteiger partial charge on any atom is -0.494 e. The van der Waals surface area contributed by atoms with Crippen LogP contribution in [0, 0.1) is 11.6 Å². The van der Waals surface area contributed by atoms with E-state index in [1.165, 1.54) is 42.0 Å². The van der Waals surface area contributed by atoms with Crippen LogP contribution in [0.5, 0.6) is 5.75 Å². The highest BCUT2D eigenvalue weighted by atomic mass is 32.2. The van der Waals surface area contributed by atoms with E-state index in [-0.39, 0.29) is 17.1 Å². The van der Waals surface area contributed by atoms with Crippen LogP contribution in [-0.2, 0) is 9.53 Å². The van der Waals surface area contributed by atoms with Gasteiger partial charge < -0.3 is 14.4 Å². The van der Waals surface area contributed by atoms with Gasteiger partial charge in [-0.3, -0.25) is 4.79 Å². The predicted molar refractivity (Wildman–Crippen MR) is 96.5 cm³/mol. The van der Waals surface area contributed by atoms with E-state index in [4.69, 9.17) is 9.47 Å². The molecule has 0 saturated carbocycles. The normalized spacial score (nSPS) is 16.3. The lowest BCUT2D eigenvalue weighted by Gasteiger charge is -2.24. The summed E-state index contributed by atoms with van der Waals surface area (Å²) < 4.78 is 37.5. The molecule has 2 aromatic carbocycles. The topological polar surface area (TPSA) is 55.8 Å². The molecule has 8 heteroatoms. The van der Waals surface area contributed by atoms with Gasteiger partial charge in [0.2, 0.25) is 0 Å². The summed E-state index contributed by atoms with van der Waals surface area (Å²) >= 11 is 1.44. The molecule has 27 heavy (non-hydrogen) atoms. The quantitative estimate of drug-likeness (QED) is 0.729. The lowest BCUT2D eigenvalue weighted by Crippen LogP contribution is -2.34. The Balaban J connectivity index is 1.64. The molecule has 1 atom stereocenters. The molecule has 0 aromatic heterocycles. The molecule has 1 aliphatic heterocycles. The van der Waals surface area contributed by atoms with Crippen LogP contribution in [0.25, 0.3) is 0 Å². The summed E-state index contributed by atoms with van der Waals surface area (Å²) in [6.45, 7) is -0.0742. The number of thioether (sulfide) groups is 1. The van der Waals surface area contributed by atoms with Gasteiger partial charge in [-0.1, -0.05) is 18.2 Å². The Morgan fingerprint density at radius 1 is 1.19 bits per heavy atom. The number of hydrogen-bond donors (Lipinski definition) is 0. The standard InChI is InChI=1S/C19H17F2NO4S/c1-25-16-7-6-12(10-15(16)21)19(24)26-11-17(23)22-8-9-27-18(22)13-4-2-3-5-14(13)20/h2-7,10,18H,8-9,11H2,1H3/t18-/m0/s1. The van der Waals surface area contributed by atoms with Crippen LogP contribution in [-0.4, -0.2) is 42.8 Å². The van der Waals surface area contributed by atoms with E-state index in [1.807, 2.05) is 0 Å². The first kappa shape index (κ1) is 19.2. The summed E-state index contributed by atoms with van der Waals surface area (Å²) in [7, 11) is 1.31. The number of ether oxygens (including phenoxy) is 2. The van der Waals surface area contributed by atoms with Crippen molar-refractivity contribution >= 4 is 23.6 Å². The first-order valence-corrected chi connectivity index (χ1v) is 9.22. The molecule has 5 nitrogen and oxygen atoms in total. The molecule has 0 radical (unpaired) electrons. The molecule has 1 aliphatic rings. The second-order valence-corrected chi connectivity index (χ2v) is 6.95. The first-order valence-electron chi connectivity index (χ1n) is 8.17. The van der Waals surface area contributed by atoms with Crippen LogP contribution >= 0.6 is 11.8 Å². The average Bonchev–Trinajstić information content (AvgIpc) is 3.15. The summed E-state index contributed by atoms with van der Waals surface area (Å²) in [4.78, 5) is 26.0. The zero-order chi connectivity index (χ0) is 19.4. The maximum Gasteiger partial charge on any atom is 0.338 e. The van der Waals surface area contributed by atoms with Gasteiger partial charge in [0.15, 0.2) is 18.2 Å². The molecule has 0 spiro atoms. The summed E-state index contributed by atoms with van der Waals surface area (Å²) in [5.74, 6) is -1.68. The number of rotatable bonds is 5. The summed E-state index contributed by atoms with van der Waals surface area (Å²) in [5, 5.41) is -0.462. The van der Waals surface area contributed by atoms with E-state index in [9.17, 15) is 18.4 Å². The van der Waals surface area contributed by atoms with Crippen molar-refractivity contribution in [3.63, 3.8) is 0 Å². The van der Waals surface area contributed by atoms with E-state index in [2.05, 4.69) is 0 Å². The van der Waals surface area contributed by atoms with Crippen molar-refractivity contribution in [1.29, 1.82) is 0 Å². The summed E-state index contributed by atoms with van der Waals surface area (Å²) in [6.07, 6.45) is 0. The largest absolute Gasteiger partial charge is 0.494 e. The van der Waals surface area contributed by atoms with Crippen molar-refractivity contribution in [2.45, 2.75) is 5.37 Å². The Hall–Kier alpha value is -2.61. The van der Waals surface area contributed by atoms with E-state index in [0.29, 0.717) is 17.9 Å². The zero-order valence-corrected chi connectivity index (χ0v) is 15.3. The Bertz CT molecular complexity index is 861. The molecular weight excluding hydrogens is 376 g/mol. The zero-order valence-electron chi connectivity index (χ0n) is 14.5. The van der Waals surface area contributed by atoms with Gasteiger partial charge in [0.05, 0.1) is 12.7 Å². The number of carbonyl (C=O) groups excluding carboxylic acids is 2. The van der Waals surface area contributed by atoms with Gasteiger partial charge in [0.25, 0.3) is 5.91 Å². The third-order valence-electron chi connectivity index (χ3n) is 4.10. The number of hydrogen-bond acceptors (Lipinski definition) is 5. The van der Waals surface area contributed by atoms with Crippen molar-refractivity contribution < 1.29 is 27.8 Å². The van der Waals surface area contributed by atoms with E-state index < -0.39 is 29.7 Å². The minimum atomic E-state index is -0.820. The number of halogens is 2. The van der Waals surface area contributed by atoms with E-state index >= 15 is 0 Å². The Kier molecular flexibility index (Phi) is 5.95. The minimum absolute atomic E-state index is 0.00412. The smallest absolute Gasteiger partial charge is 0.338 e. The van der Waals surface area contributed by atoms with Crippen LogP contribution in [0.15, 0.2) is 42.5 Å². The fourth-order valence-corrected chi connectivity index (χ4v) is 4.04. The van der Waals surface area contributed by atoms with Crippen LogP contribution in [0.4, 0.5) is 8.78 Å². The van der Waals surface area contributed by atoms with Gasteiger partial charge in [-0.15, -0.1) is 11.8 Å². The van der Waals surface area contributed by atoms with Gasteiger partial charge >= 0.3 is 5.97 Å². The highest BCUT2D eigenvalue weighted by molar-refractivity contribution is 7.99. The lowest BCUT2D eigenvalue weighted by atomic mass is 10.2. The molecule has 1 fully saturated rings. The second-order valence-electron chi connectivity index (χ2n) is 5.76. The monoisotopic (exact) mass is 393 g/mol. The molecule has 0 N–H and O–H groups in total. The maximum atomic E-state index is 14.0. The van der Waals surface area contributed by atoms with Crippen molar-refractivity contribution in [2.24, 2.45) is 0 Å². The molecule has 0 bridgehead atoms.